The predicted molar refractivity (Wildman–Crippen MR) is 149 cm³/mol. The highest BCUT2D eigenvalue weighted by Gasteiger charge is 2.16. The van der Waals surface area contributed by atoms with E-state index in [1.54, 1.807) is 24.3 Å². The van der Waals surface area contributed by atoms with Gasteiger partial charge in [0.2, 0.25) is 5.71 Å². The molecule has 0 saturated carbocycles. The number of hydrogen-bond acceptors (Lipinski definition) is 3. The molecule has 6 aromatic rings. The van der Waals surface area contributed by atoms with Crippen molar-refractivity contribution in [2.45, 2.75) is 34.3 Å². The summed E-state index contributed by atoms with van der Waals surface area (Å²) >= 11 is 0. The Morgan fingerprint density at radius 1 is 0.667 bits per heavy atom. The van der Waals surface area contributed by atoms with Crippen LogP contribution in [0.5, 0.6) is 0 Å². The summed E-state index contributed by atoms with van der Waals surface area (Å²) in [6.07, 6.45) is 1.14. The fourth-order valence-electron chi connectivity index (χ4n) is 4.45. The number of fused-ring (bicyclic) bond motifs is 3. The molecular formula is C33H28N2O. The second kappa shape index (κ2) is 8.46. The zero-order valence-corrected chi connectivity index (χ0v) is 18.8. The Morgan fingerprint density at radius 3 is 2.42 bits per heavy atom. The Hall–Kier alpha value is -4.24. The fraction of sp³-hybridized carbons (Fsp3) is 0.152. The first-order valence-electron chi connectivity index (χ1n) is 18.6. The zero-order valence-electron chi connectivity index (χ0n) is 33.8. The summed E-state index contributed by atoms with van der Waals surface area (Å²) in [6, 6.07) is 17.3. The molecule has 0 atom stereocenters. The summed E-state index contributed by atoms with van der Waals surface area (Å²) in [5.74, 6) is 0. The van der Waals surface area contributed by atoms with Gasteiger partial charge in [-0.25, -0.2) is 4.98 Å². The van der Waals surface area contributed by atoms with Crippen LogP contribution < -0.4 is 0 Å². The number of furan rings is 1. The lowest BCUT2D eigenvalue weighted by atomic mass is 9.91. The number of pyridine rings is 2. The molecule has 3 aromatic heterocycles. The highest BCUT2D eigenvalue weighted by molar-refractivity contribution is 6.08. The standard InChI is InChI=1S/C33H28N2O/c1-19-9-12-25(20(2)15-19)24-11-14-26(21(3)16-24)30-17-31(34-18-22(30)4)29-8-6-7-27-28-13-10-23(5)35-33(28)36-32(27)29/h6-18H,1-5H3/i1D3,2D3,3D3,4D3,5D3. The van der Waals surface area contributed by atoms with Crippen LogP contribution in [-0.4, -0.2) is 9.97 Å². The van der Waals surface area contributed by atoms with Crippen LogP contribution in [0.25, 0.3) is 55.6 Å². The Kier molecular flexibility index (Phi) is 2.63. The van der Waals surface area contributed by atoms with E-state index >= 15 is 0 Å². The average molecular weight is 484 g/mol. The van der Waals surface area contributed by atoms with Crippen molar-refractivity contribution in [2.75, 3.05) is 0 Å². The van der Waals surface area contributed by atoms with E-state index in [1.807, 2.05) is 0 Å². The maximum atomic E-state index is 8.42. The largest absolute Gasteiger partial charge is 0.437 e. The van der Waals surface area contributed by atoms with Crippen LogP contribution in [0.15, 0.2) is 83.4 Å². The lowest BCUT2D eigenvalue weighted by molar-refractivity contribution is 0.653. The Labute approximate surface area is 232 Å². The van der Waals surface area contributed by atoms with E-state index in [0.717, 1.165) is 12.3 Å². The van der Waals surface area contributed by atoms with E-state index in [9.17, 15) is 0 Å². The van der Waals surface area contributed by atoms with Crippen LogP contribution in [0.4, 0.5) is 0 Å². The first-order chi connectivity index (χ1) is 23.4. The van der Waals surface area contributed by atoms with Gasteiger partial charge in [-0.3, -0.25) is 4.98 Å². The molecule has 0 spiro atoms. The summed E-state index contributed by atoms with van der Waals surface area (Å²) in [7, 11) is 0. The normalized spacial score (nSPS) is 19.4. The van der Waals surface area contributed by atoms with Crippen LogP contribution in [0, 0.1) is 34.3 Å². The smallest absolute Gasteiger partial charge is 0.227 e. The second-order valence-corrected chi connectivity index (χ2v) is 8.47. The number of para-hydroxylation sites is 1. The molecule has 0 radical (unpaired) electrons. The first kappa shape index (κ1) is 11.2. The van der Waals surface area contributed by atoms with Crippen molar-refractivity contribution in [3.05, 3.63) is 107 Å². The second-order valence-electron chi connectivity index (χ2n) is 8.47. The minimum Gasteiger partial charge on any atom is -0.437 e. The molecule has 0 N–H and O–H groups in total. The molecule has 36 heavy (non-hydrogen) atoms. The predicted octanol–water partition coefficient (Wildman–Crippen LogP) is 8.92. The topological polar surface area (TPSA) is 38.9 Å². The van der Waals surface area contributed by atoms with Crippen molar-refractivity contribution in [1.29, 1.82) is 0 Å². The highest BCUT2D eigenvalue weighted by Crippen LogP contribution is 2.37. The van der Waals surface area contributed by atoms with Crippen molar-refractivity contribution in [3.8, 4) is 33.5 Å². The lowest BCUT2D eigenvalue weighted by Gasteiger charge is -2.14. The number of aryl methyl sites for hydroxylation is 5. The van der Waals surface area contributed by atoms with Crippen LogP contribution >= 0.6 is 0 Å². The minimum atomic E-state index is -2.82. The van der Waals surface area contributed by atoms with Gasteiger partial charge in [0.15, 0.2) is 0 Å². The third kappa shape index (κ3) is 3.68. The van der Waals surface area contributed by atoms with Gasteiger partial charge in [-0.2, -0.15) is 0 Å². The van der Waals surface area contributed by atoms with Crippen molar-refractivity contribution in [3.63, 3.8) is 0 Å². The molecular weight excluding hydrogens is 440 g/mol. The van der Waals surface area contributed by atoms with Gasteiger partial charge in [-0.05, 0) is 97.5 Å². The molecule has 0 unspecified atom stereocenters. The molecule has 3 heterocycles. The molecule has 0 bridgehead atoms. The number of aromatic nitrogens is 2. The SMILES string of the molecule is [2H]C([2H])([2H])c1ccc(-c2ccc(-c3cc(-c4cccc5c4oc4nc(C([2H])([2H])[2H])ccc45)ncc3C([2H])([2H])[2H])c(C([2H])([2H])[2H])c2)c(C([2H])([2H])[2H])c1. The number of benzene rings is 3. The van der Waals surface area contributed by atoms with Crippen molar-refractivity contribution in [2.24, 2.45) is 0 Å². The summed E-state index contributed by atoms with van der Waals surface area (Å²) in [5.41, 5.74) is 0.195. The molecule has 3 aromatic carbocycles. The molecule has 176 valence electrons. The van der Waals surface area contributed by atoms with E-state index < -0.39 is 34.3 Å². The summed E-state index contributed by atoms with van der Waals surface area (Å²) in [4.78, 5) is 8.61. The number of nitrogens with zero attached hydrogens (tertiary/aromatic N) is 2. The number of hydrogen-bond donors (Lipinski definition) is 0. The van der Waals surface area contributed by atoms with Crippen LogP contribution in [-0.2, 0) is 0 Å². The maximum absolute atomic E-state index is 8.42. The number of rotatable bonds is 3. The summed E-state index contributed by atoms with van der Waals surface area (Å²) in [5, 5.41) is 1.14. The molecule has 0 aliphatic heterocycles. The third-order valence-electron chi connectivity index (χ3n) is 6.18. The highest BCUT2D eigenvalue weighted by atomic mass is 16.3. The molecule has 0 aliphatic rings. The molecule has 6 rings (SSSR count). The molecule has 3 heteroatoms. The van der Waals surface area contributed by atoms with E-state index in [1.165, 1.54) is 42.5 Å². The van der Waals surface area contributed by atoms with Gasteiger partial charge in [-0.15, -0.1) is 0 Å². The van der Waals surface area contributed by atoms with Gasteiger partial charge in [0.1, 0.15) is 5.58 Å². The third-order valence-corrected chi connectivity index (χ3v) is 6.18. The van der Waals surface area contributed by atoms with Crippen LogP contribution in [0.2, 0.25) is 0 Å². The van der Waals surface area contributed by atoms with E-state index in [0.29, 0.717) is 21.9 Å². The molecule has 0 aliphatic carbocycles. The van der Waals surface area contributed by atoms with E-state index in [2.05, 4.69) is 9.97 Å². The maximum Gasteiger partial charge on any atom is 0.227 e. The van der Waals surface area contributed by atoms with Gasteiger partial charge in [0.05, 0.1) is 5.69 Å². The first-order valence-corrected chi connectivity index (χ1v) is 11.1. The quantitative estimate of drug-likeness (QED) is 0.252. The van der Waals surface area contributed by atoms with E-state index in [-0.39, 0.29) is 61.6 Å². The minimum absolute atomic E-state index is 0.0300. The van der Waals surface area contributed by atoms with Crippen molar-refractivity contribution < 1.29 is 25.0 Å². The van der Waals surface area contributed by atoms with Gasteiger partial charge in [0.25, 0.3) is 0 Å². The average Bonchev–Trinajstić information content (AvgIpc) is 3.40. The Morgan fingerprint density at radius 2 is 1.56 bits per heavy atom. The van der Waals surface area contributed by atoms with Crippen LogP contribution in [0.1, 0.15) is 48.5 Å². The summed E-state index contributed by atoms with van der Waals surface area (Å²) < 4.78 is 127. The van der Waals surface area contributed by atoms with Crippen molar-refractivity contribution >= 4 is 22.1 Å². The van der Waals surface area contributed by atoms with Gasteiger partial charge < -0.3 is 4.42 Å². The monoisotopic (exact) mass is 483 g/mol. The Bertz CT molecular complexity index is 2310. The summed E-state index contributed by atoms with van der Waals surface area (Å²) in [6.45, 7) is -13.3. The van der Waals surface area contributed by atoms with Gasteiger partial charge >= 0.3 is 0 Å². The molecule has 3 nitrogen and oxygen atoms in total. The zero-order chi connectivity index (χ0) is 37.5. The van der Waals surface area contributed by atoms with Crippen LogP contribution in [0.3, 0.4) is 0 Å². The van der Waals surface area contributed by atoms with Gasteiger partial charge in [-0.1, -0.05) is 54.1 Å². The van der Waals surface area contributed by atoms with Gasteiger partial charge in [0, 0.05) is 48.8 Å². The Balaban J connectivity index is 1.57. The van der Waals surface area contributed by atoms with E-state index in [4.69, 9.17) is 25.0 Å². The fourth-order valence-corrected chi connectivity index (χ4v) is 4.45. The lowest BCUT2D eigenvalue weighted by Crippen LogP contribution is -1.93. The molecule has 0 saturated heterocycles. The molecule has 0 amide bonds. The van der Waals surface area contributed by atoms with Crippen molar-refractivity contribution in [1.82, 2.24) is 9.97 Å². The molecule has 0 fully saturated rings.